The van der Waals surface area contributed by atoms with Crippen LogP contribution >= 0.6 is 11.8 Å². The highest BCUT2D eigenvalue weighted by molar-refractivity contribution is 8.01. The van der Waals surface area contributed by atoms with Crippen LogP contribution in [0.3, 0.4) is 0 Å². The van der Waals surface area contributed by atoms with Crippen molar-refractivity contribution in [3.8, 4) is 0 Å². The molecule has 2 fully saturated rings. The topological polar surface area (TPSA) is 67.9 Å². The fourth-order valence-corrected chi connectivity index (χ4v) is 3.87. The molecule has 6 nitrogen and oxygen atoms in total. The van der Waals surface area contributed by atoms with Gasteiger partial charge in [0.2, 0.25) is 5.91 Å². The first kappa shape index (κ1) is 16.6. The lowest BCUT2D eigenvalue weighted by atomic mass is 10.1. The molecule has 0 bridgehead atoms. The van der Waals surface area contributed by atoms with Crippen molar-refractivity contribution < 1.29 is 19.1 Å². The van der Waals surface area contributed by atoms with Gasteiger partial charge in [-0.2, -0.15) is 0 Å². The Morgan fingerprint density at radius 3 is 2.62 bits per heavy atom. The molecular formula is C14H24N2O4S. The van der Waals surface area contributed by atoms with Gasteiger partial charge in [0.05, 0.1) is 38.8 Å². The normalized spacial score (nSPS) is 24.0. The number of nitrogens with one attached hydrogen (secondary N) is 1. The summed E-state index contributed by atoms with van der Waals surface area (Å²) >= 11 is 1.70. The molecule has 1 N–H and O–H groups in total. The second-order valence-electron chi connectivity index (χ2n) is 6.49. The van der Waals surface area contributed by atoms with E-state index in [0.29, 0.717) is 31.9 Å². The minimum atomic E-state index is -0.263. The minimum absolute atomic E-state index is 0.105. The zero-order chi connectivity index (χ0) is 15.7. The predicted octanol–water partition coefficient (Wildman–Crippen LogP) is 0.608. The number of ether oxygens (including phenoxy) is 2. The Bertz CT molecular complexity index is 416. The Hall–Kier alpha value is -0.790. The Morgan fingerprint density at radius 2 is 2.05 bits per heavy atom. The van der Waals surface area contributed by atoms with Crippen molar-refractivity contribution >= 4 is 23.6 Å². The average Bonchev–Trinajstić information content (AvgIpc) is 2.79. The first-order valence-corrected chi connectivity index (χ1v) is 8.14. The molecule has 0 aromatic rings. The monoisotopic (exact) mass is 316 g/mol. The van der Waals surface area contributed by atoms with E-state index in [4.69, 9.17) is 9.47 Å². The number of carbonyl (C=O) groups excluding carboxylic acids is 2. The van der Waals surface area contributed by atoms with Gasteiger partial charge in [-0.15, -0.1) is 11.8 Å². The van der Waals surface area contributed by atoms with Crippen LogP contribution in [0.1, 0.15) is 27.2 Å². The number of thioether (sulfide) groups is 1. The second kappa shape index (κ2) is 6.14. The van der Waals surface area contributed by atoms with Gasteiger partial charge < -0.3 is 14.4 Å². The zero-order valence-corrected chi connectivity index (χ0v) is 13.9. The molecule has 2 heterocycles. The lowest BCUT2D eigenvalue weighted by Gasteiger charge is -2.47. The number of carbonyl (C=O) groups is 2. The van der Waals surface area contributed by atoms with Crippen LogP contribution in [0.15, 0.2) is 0 Å². The molecule has 2 saturated heterocycles. The Kier molecular flexibility index (Phi) is 4.85. The lowest BCUT2D eigenvalue weighted by molar-refractivity contribution is -0.143. The summed E-state index contributed by atoms with van der Waals surface area (Å²) < 4.78 is 10.3. The standard InChI is InChI=1S/C14H24N2O4S/c1-13(2,3)20-6-5-11(17)16-8-14(9-16)15-10(7-21-14)12(18)19-4/h10,15H,5-9H2,1-4H3/t10-/m0/s1. The van der Waals surface area contributed by atoms with Gasteiger partial charge in [0.25, 0.3) is 0 Å². The first-order chi connectivity index (χ1) is 9.75. The van der Waals surface area contributed by atoms with Gasteiger partial charge >= 0.3 is 5.97 Å². The summed E-state index contributed by atoms with van der Waals surface area (Å²) in [6.07, 6.45) is 0.401. The summed E-state index contributed by atoms with van der Waals surface area (Å²) in [5.74, 6) is 0.568. The third kappa shape index (κ3) is 4.11. The highest BCUT2D eigenvalue weighted by Crippen LogP contribution is 2.38. The van der Waals surface area contributed by atoms with Crippen LogP contribution in [0.2, 0.25) is 0 Å². The second-order valence-corrected chi connectivity index (χ2v) is 7.89. The first-order valence-electron chi connectivity index (χ1n) is 7.16. The zero-order valence-electron chi connectivity index (χ0n) is 13.1. The van der Waals surface area contributed by atoms with Gasteiger partial charge in [0.15, 0.2) is 0 Å². The van der Waals surface area contributed by atoms with Crippen molar-refractivity contribution in [1.82, 2.24) is 10.2 Å². The van der Waals surface area contributed by atoms with Crippen LogP contribution < -0.4 is 5.32 Å². The quantitative estimate of drug-likeness (QED) is 0.767. The van der Waals surface area contributed by atoms with Gasteiger partial charge in [-0.05, 0) is 20.8 Å². The largest absolute Gasteiger partial charge is 0.468 e. The average molecular weight is 316 g/mol. The van der Waals surface area contributed by atoms with E-state index in [1.54, 1.807) is 11.8 Å². The SMILES string of the molecule is COC(=O)[C@@H]1CSC2(CN(C(=O)CCOC(C)(C)C)C2)N1. The Labute approximate surface area is 129 Å². The van der Waals surface area contributed by atoms with Crippen molar-refractivity contribution in [3.63, 3.8) is 0 Å². The molecule has 0 unspecified atom stereocenters. The van der Waals surface area contributed by atoms with E-state index in [1.807, 2.05) is 25.7 Å². The third-order valence-electron chi connectivity index (χ3n) is 3.55. The summed E-state index contributed by atoms with van der Waals surface area (Å²) in [4.78, 5) is 25.2. The van der Waals surface area contributed by atoms with E-state index in [1.165, 1.54) is 7.11 Å². The number of nitrogens with zero attached hydrogens (tertiary/aromatic N) is 1. The molecule has 1 spiro atoms. The predicted molar refractivity (Wildman–Crippen MR) is 81.0 cm³/mol. The number of rotatable bonds is 4. The van der Waals surface area contributed by atoms with E-state index in [9.17, 15) is 9.59 Å². The number of esters is 1. The van der Waals surface area contributed by atoms with E-state index in [-0.39, 0.29) is 28.4 Å². The highest BCUT2D eigenvalue weighted by atomic mass is 32.2. The molecule has 2 aliphatic rings. The van der Waals surface area contributed by atoms with E-state index >= 15 is 0 Å². The number of methoxy groups -OCH3 is 1. The fourth-order valence-electron chi connectivity index (χ4n) is 2.44. The summed E-state index contributed by atoms with van der Waals surface area (Å²) in [6, 6.07) is -0.263. The molecule has 0 saturated carbocycles. The molecule has 0 radical (unpaired) electrons. The van der Waals surface area contributed by atoms with Crippen molar-refractivity contribution in [3.05, 3.63) is 0 Å². The summed E-state index contributed by atoms with van der Waals surface area (Å²) in [6.45, 7) is 7.64. The maximum absolute atomic E-state index is 12.0. The molecule has 2 aliphatic heterocycles. The van der Waals surface area contributed by atoms with Gasteiger partial charge in [-0.1, -0.05) is 0 Å². The molecule has 0 aromatic heterocycles. The van der Waals surface area contributed by atoms with E-state index < -0.39 is 0 Å². The maximum Gasteiger partial charge on any atom is 0.323 e. The molecule has 0 aliphatic carbocycles. The van der Waals surface area contributed by atoms with Gasteiger partial charge in [-0.25, -0.2) is 0 Å². The van der Waals surface area contributed by atoms with Gasteiger partial charge in [0.1, 0.15) is 10.9 Å². The minimum Gasteiger partial charge on any atom is -0.468 e. The van der Waals surface area contributed by atoms with Crippen LogP contribution in [0.5, 0.6) is 0 Å². The van der Waals surface area contributed by atoms with Crippen LogP contribution in [0.25, 0.3) is 0 Å². The van der Waals surface area contributed by atoms with Crippen molar-refractivity contribution in [1.29, 1.82) is 0 Å². The van der Waals surface area contributed by atoms with E-state index in [2.05, 4.69) is 5.32 Å². The van der Waals surface area contributed by atoms with Crippen LogP contribution in [-0.2, 0) is 19.1 Å². The Balaban J connectivity index is 1.71. The highest BCUT2D eigenvalue weighted by Gasteiger charge is 2.51. The summed E-state index contributed by atoms with van der Waals surface area (Å²) in [7, 11) is 1.39. The molecule has 21 heavy (non-hydrogen) atoms. The number of hydrogen-bond acceptors (Lipinski definition) is 6. The number of hydrogen-bond donors (Lipinski definition) is 1. The van der Waals surface area contributed by atoms with Crippen molar-refractivity contribution in [2.45, 2.75) is 43.7 Å². The summed E-state index contributed by atoms with van der Waals surface area (Å²) in [5, 5.41) is 3.28. The fraction of sp³-hybridized carbons (Fsp3) is 0.857. The number of amides is 1. The van der Waals surface area contributed by atoms with Crippen LogP contribution in [0.4, 0.5) is 0 Å². The van der Waals surface area contributed by atoms with Gasteiger partial charge in [0, 0.05) is 5.75 Å². The molecular weight excluding hydrogens is 292 g/mol. The van der Waals surface area contributed by atoms with Gasteiger partial charge in [-0.3, -0.25) is 14.9 Å². The smallest absolute Gasteiger partial charge is 0.323 e. The van der Waals surface area contributed by atoms with Crippen molar-refractivity contribution in [2.75, 3.05) is 32.6 Å². The molecule has 7 heteroatoms. The number of likely N-dealkylation sites (tertiary alicyclic amines) is 1. The van der Waals surface area contributed by atoms with Crippen LogP contribution in [-0.4, -0.2) is 65.8 Å². The third-order valence-corrected chi connectivity index (χ3v) is 4.97. The summed E-state index contributed by atoms with van der Waals surface area (Å²) in [5.41, 5.74) is -0.215. The molecule has 120 valence electrons. The van der Waals surface area contributed by atoms with Crippen molar-refractivity contribution in [2.24, 2.45) is 0 Å². The Morgan fingerprint density at radius 1 is 1.38 bits per heavy atom. The molecule has 1 atom stereocenters. The molecule has 1 amide bonds. The van der Waals surface area contributed by atoms with Crippen LogP contribution in [0, 0.1) is 0 Å². The van der Waals surface area contributed by atoms with E-state index in [0.717, 1.165) is 0 Å². The molecule has 0 aromatic carbocycles. The molecule has 2 rings (SSSR count). The lowest BCUT2D eigenvalue weighted by Crippen LogP contribution is -2.68. The maximum atomic E-state index is 12.0.